The minimum Gasteiger partial charge on any atom is -0.484 e. The van der Waals surface area contributed by atoms with Gasteiger partial charge in [-0.3, -0.25) is 4.79 Å². The smallest absolute Gasteiger partial charge is 0.286 e. The van der Waals surface area contributed by atoms with Crippen molar-refractivity contribution in [2.75, 3.05) is 19.8 Å². The van der Waals surface area contributed by atoms with Gasteiger partial charge in [0, 0.05) is 19.8 Å². The summed E-state index contributed by atoms with van der Waals surface area (Å²) in [7, 11) is 0. The molecular weight excluding hydrogens is 362 g/mol. The Morgan fingerprint density at radius 1 is 1.26 bits per heavy atom. The summed E-state index contributed by atoms with van der Waals surface area (Å²) in [4.78, 5) is 11.9. The van der Waals surface area contributed by atoms with Crippen molar-refractivity contribution in [3.63, 3.8) is 0 Å². The Morgan fingerprint density at radius 3 is 2.87 bits per heavy atom. The Morgan fingerprint density at radius 2 is 2.09 bits per heavy atom. The summed E-state index contributed by atoms with van der Waals surface area (Å²) < 4.78 is 17.2. The average Bonchev–Trinajstić information content (AvgIpc) is 3.03. The van der Waals surface area contributed by atoms with Gasteiger partial charge in [-0.2, -0.15) is 0 Å². The number of hydrogen-bond donors (Lipinski definition) is 1. The minimum absolute atomic E-state index is 0.228. The normalized spacial score (nSPS) is 10.5. The summed E-state index contributed by atoms with van der Waals surface area (Å²) in [6, 6.07) is 11.0. The molecule has 0 saturated heterocycles. The molecule has 1 amide bonds. The van der Waals surface area contributed by atoms with Crippen LogP contribution in [0.1, 0.15) is 29.7 Å². The van der Waals surface area contributed by atoms with E-state index in [0.29, 0.717) is 25.5 Å². The van der Waals surface area contributed by atoms with Crippen LogP contribution in [0.5, 0.6) is 5.75 Å². The molecule has 6 heteroatoms. The molecule has 0 atom stereocenters. The molecule has 2 aromatic rings. The van der Waals surface area contributed by atoms with E-state index in [1.807, 2.05) is 31.2 Å². The molecule has 1 aromatic carbocycles. The van der Waals surface area contributed by atoms with Gasteiger partial charge in [0.05, 0.1) is 4.47 Å². The number of amides is 1. The van der Waals surface area contributed by atoms with Gasteiger partial charge in [-0.15, -0.1) is 0 Å². The fraction of sp³-hybridized carbons (Fsp3) is 0.353. The van der Waals surface area contributed by atoms with Crippen LogP contribution in [0.15, 0.2) is 45.3 Å². The van der Waals surface area contributed by atoms with E-state index in [1.165, 1.54) is 0 Å². The molecule has 0 bridgehead atoms. The molecule has 0 saturated carbocycles. The Labute approximate surface area is 144 Å². The van der Waals surface area contributed by atoms with Crippen molar-refractivity contribution in [2.45, 2.75) is 20.0 Å². The lowest BCUT2D eigenvalue weighted by Gasteiger charge is -2.06. The van der Waals surface area contributed by atoms with Gasteiger partial charge >= 0.3 is 0 Å². The standard InChI is InChI=1S/C17H20BrNO4/c1-2-21-11-5-10-19-17(20)16-9-8-13(23-16)12-22-15-7-4-3-6-14(15)18/h3-4,6-9H,2,5,10-12H2,1H3,(H,19,20). The first-order chi connectivity index (χ1) is 11.2. The maximum Gasteiger partial charge on any atom is 0.286 e. The fourth-order valence-electron chi connectivity index (χ4n) is 1.90. The third kappa shape index (κ3) is 5.73. The minimum atomic E-state index is -0.228. The van der Waals surface area contributed by atoms with Crippen molar-refractivity contribution in [1.82, 2.24) is 5.32 Å². The molecule has 1 N–H and O–H groups in total. The van der Waals surface area contributed by atoms with Gasteiger partial charge in [0.1, 0.15) is 18.1 Å². The highest BCUT2D eigenvalue weighted by molar-refractivity contribution is 9.10. The van der Waals surface area contributed by atoms with Crippen LogP contribution in [0.4, 0.5) is 0 Å². The van der Waals surface area contributed by atoms with Gasteiger partial charge in [-0.25, -0.2) is 0 Å². The predicted molar refractivity (Wildman–Crippen MR) is 90.6 cm³/mol. The quantitative estimate of drug-likeness (QED) is 0.671. The van der Waals surface area contributed by atoms with E-state index in [2.05, 4.69) is 21.2 Å². The van der Waals surface area contributed by atoms with Crippen molar-refractivity contribution in [3.8, 4) is 5.75 Å². The van der Waals surface area contributed by atoms with Gasteiger partial charge in [0.2, 0.25) is 0 Å². The van der Waals surface area contributed by atoms with Crippen molar-refractivity contribution < 1.29 is 18.7 Å². The Bertz CT molecular complexity index is 627. The van der Waals surface area contributed by atoms with E-state index in [1.54, 1.807) is 12.1 Å². The molecule has 0 aliphatic heterocycles. The summed E-state index contributed by atoms with van der Waals surface area (Å²) in [5.41, 5.74) is 0. The molecule has 23 heavy (non-hydrogen) atoms. The molecule has 1 heterocycles. The van der Waals surface area contributed by atoms with Crippen LogP contribution in [0.2, 0.25) is 0 Å². The highest BCUT2D eigenvalue weighted by Crippen LogP contribution is 2.24. The zero-order chi connectivity index (χ0) is 16.5. The van der Waals surface area contributed by atoms with Crippen molar-refractivity contribution in [1.29, 1.82) is 0 Å². The van der Waals surface area contributed by atoms with E-state index in [-0.39, 0.29) is 18.3 Å². The molecular formula is C17H20BrNO4. The second-order valence-electron chi connectivity index (χ2n) is 4.79. The first-order valence-corrected chi connectivity index (χ1v) is 8.32. The van der Waals surface area contributed by atoms with E-state index >= 15 is 0 Å². The Kier molecular flexibility index (Phi) is 7.16. The lowest BCUT2D eigenvalue weighted by atomic mass is 10.3. The van der Waals surface area contributed by atoms with Gasteiger partial charge < -0.3 is 19.2 Å². The Balaban J connectivity index is 1.78. The molecule has 124 valence electrons. The highest BCUT2D eigenvalue weighted by atomic mass is 79.9. The fourth-order valence-corrected chi connectivity index (χ4v) is 2.30. The summed E-state index contributed by atoms with van der Waals surface area (Å²) in [6.07, 6.45) is 0.776. The molecule has 0 radical (unpaired) electrons. The lowest BCUT2D eigenvalue weighted by molar-refractivity contribution is 0.0913. The molecule has 1 aromatic heterocycles. The van der Waals surface area contributed by atoms with Gasteiger partial charge in [0.15, 0.2) is 5.76 Å². The number of rotatable bonds is 9. The van der Waals surface area contributed by atoms with Gasteiger partial charge in [-0.1, -0.05) is 12.1 Å². The summed E-state index contributed by atoms with van der Waals surface area (Å²) in [5, 5.41) is 2.79. The number of ether oxygens (including phenoxy) is 2. The maximum absolute atomic E-state index is 11.9. The van der Waals surface area contributed by atoms with Gasteiger partial charge in [0.25, 0.3) is 5.91 Å². The monoisotopic (exact) mass is 381 g/mol. The summed E-state index contributed by atoms with van der Waals surface area (Å²) >= 11 is 3.41. The van der Waals surface area contributed by atoms with E-state index in [9.17, 15) is 4.79 Å². The molecule has 5 nitrogen and oxygen atoms in total. The van der Waals surface area contributed by atoms with Crippen LogP contribution >= 0.6 is 15.9 Å². The topological polar surface area (TPSA) is 60.7 Å². The zero-order valence-corrected chi connectivity index (χ0v) is 14.6. The number of benzene rings is 1. The summed E-state index contributed by atoms with van der Waals surface area (Å²) in [5.74, 6) is 1.38. The van der Waals surface area contributed by atoms with Crippen LogP contribution in [0.3, 0.4) is 0 Å². The van der Waals surface area contributed by atoms with Crippen molar-refractivity contribution in [2.24, 2.45) is 0 Å². The molecule has 0 unspecified atom stereocenters. The zero-order valence-electron chi connectivity index (χ0n) is 13.0. The molecule has 0 aliphatic rings. The highest BCUT2D eigenvalue weighted by Gasteiger charge is 2.11. The van der Waals surface area contributed by atoms with E-state index < -0.39 is 0 Å². The van der Waals surface area contributed by atoms with Crippen LogP contribution in [0.25, 0.3) is 0 Å². The molecule has 2 rings (SSSR count). The molecule has 0 spiro atoms. The first kappa shape index (κ1) is 17.6. The van der Waals surface area contributed by atoms with E-state index in [0.717, 1.165) is 16.6 Å². The number of halogens is 1. The predicted octanol–water partition coefficient (Wildman–Crippen LogP) is 3.78. The van der Waals surface area contributed by atoms with Crippen LogP contribution in [-0.4, -0.2) is 25.7 Å². The van der Waals surface area contributed by atoms with Crippen LogP contribution in [-0.2, 0) is 11.3 Å². The van der Waals surface area contributed by atoms with Crippen LogP contribution in [0, 0.1) is 0 Å². The number of hydrogen-bond acceptors (Lipinski definition) is 4. The third-order valence-electron chi connectivity index (χ3n) is 3.05. The SMILES string of the molecule is CCOCCCNC(=O)c1ccc(COc2ccccc2Br)o1. The second-order valence-corrected chi connectivity index (χ2v) is 5.65. The lowest BCUT2D eigenvalue weighted by Crippen LogP contribution is -2.24. The van der Waals surface area contributed by atoms with Crippen molar-refractivity contribution >= 4 is 21.8 Å². The number of furan rings is 1. The van der Waals surface area contributed by atoms with Crippen LogP contribution < -0.4 is 10.1 Å². The molecule has 0 fully saturated rings. The second kappa shape index (κ2) is 9.37. The first-order valence-electron chi connectivity index (χ1n) is 7.52. The average molecular weight is 382 g/mol. The number of carbonyl (C=O) groups is 1. The number of para-hydroxylation sites is 1. The molecule has 0 aliphatic carbocycles. The van der Waals surface area contributed by atoms with E-state index in [4.69, 9.17) is 13.9 Å². The number of nitrogens with one attached hydrogen (secondary N) is 1. The van der Waals surface area contributed by atoms with Crippen molar-refractivity contribution in [3.05, 3.63) is 52.4 Å². The maximum atomic E-state index is 11.9. The third-order valence-corrected chi connectivity index (χ3v) is 3.70. The van der Waals surface area contributed by atoms with Gasteiger partial charge in [-0.05, 0) is 53.5 Å². The number of carbonyl (C=O) groups excluding carboxylic acids is 1. The largest absolute Gasteiger partial charge is 0.484 e. The summed E-state index contributed by atoms with van der Waals surface area (Å²) in [6.45, 7) is 4.09. The Hall–Kier alpha value is -1.79.